The van der Waals surface area contributed by atoms with Crippen molar-refractivity contribution in [1.29, 1.82) is 0 Å². The molecule has 15 aromatic carbocycles. The summed E-state index contributed by atoms with van der Waals surface area (Å²) in [6.07, 6.45) is 0. The number of benzene rings is 15. The molecule has 0 amide bonds. The predicted octanol–water partition coefficient (Wildman–Crippen LogP) is 24.2. The maximum atomic E-state index is 2.47. The molecule has 0 fully saturated rings. The van der Waals surface area contributed by atoms with E-state index in [0.29, 0.717) is 0 Å². The molecule has 0 saturated carbocycles. The van der Waals surface area contributed by atoms with E-state index in [2.05, 4.69) is 331 Å². The molecular weight excluding hydrogens is 1060 g/mol. The summed E-state index contributed by atoms with van der Waals surface area (Å²) in [5.74, 6) is 0. The van der Waals surface area contributed by atoms with Crippen molar-refractivity contribution < 1.29 is 0 Å². The van der Waals surface area contributed by atoms with E-state index in [1.54, 1.807) is 0 Å². The van der Waals surface area contributed by atoms with Crippen LogP contribution in [-0.4, -0.2) is 0 Å². The van der Waals surface area contributed by atoms with Gasteiger partial charge in [0, 0.05) is 10.8 Å². The Morgan fingerprint density at radius 3 is 1.15 bits per heavy atom. The fourth-order valence-electron chi connectivity index (χ4n) is 15.4. The minimum atomic E-state index is -0.0974. The van der Waals surface area contributed by atoms with Crippen molar-refractivity contribution in [2.75, 3.05) is 0 Å². The van der Waals surface area contributed by atoms with E-state index in [-0.39, 0.29) is 10.8 Å². The van der Waals surface area contributed by atoms with E-state index in [4.69, 9.17) is 0 Å². The van der Waals surface area contributed by atoms with Gasteiger partial charge in [-0.05, 0) is 219 Å². The number of hydrogen-bond acceptors (Lipinski definition) is 0. The average Bonchev–Trinajstić information content (AvgIpc) is 1.29. The van der Waals surface area contributed by atoms with E-state index in [1.807, 2.05) is 0 Å². The van der Waals surface area contributed by atoms with E-state index < -0.39 is 0 Å². The lowest BCUT2D eigenvalue weighted by molar-refractivity contribution is 0.660. The van der Waals surface area contributed by atoms with Gasteiger partial charge in [0.25, 0.3) is 0 Å². The molecule has 0 aromatic heterocycles. The van der Waals surface area contributed by atoms with Gasteiger partial charge in [0.15, 0.2) is 0 Å². The molecular formula is C88H62. The van der Waals surface area contributed by atoms with Crippen molar-refractivity contribution in [3.63, 3.8) is 0 Å². The minimum absolute atomic E-state index is 0.0879. The standard InChI is InChI=1S/C88H62/c1-87(2)80-34-16-14-28-69(80)71-46-44-62(53-82(71)87)55-36-41-59(42-37-55)84-78(56-20-6-5-7-21-56)51-67(61-24-18-23-60(48-61)63-45-47-72-70-29-15-17-35-81(70)88(3,4)83(72)54-63)52-79(84)64-25-19-26-65(49-64)85-73-30-10-12-32-75(73)86(76-33-13-11-31-74(76)85)66-43-40-58-39-38-57-22-8-9-27-68(57)77(58)50-66/h5-54H,1-4H3. The lowest BCUT2D eigenvalue weighted by atomic mass is 9.81. The van der Waals surface area contributed by atoms with Gasteiger partial charge in [0.05, 0.1) is 0 Å². The Hall–Kier alpha value is -10.7. The van der Waals surface area contributed by atoms with Crippen molar-refractivity contribution >= 4 is 43.1 Å². The van der Waals surface area contributed by atoms with E-state index in [0.717, 1.165) is 5.56 Å². The molecule has 17 rings (SSSR count). The Balaban J connectivity index is 0.856. The summed E-state index contributed by atoms with van der Waals surface area (Å²) in [4.78, 5) is 0. The van der Waals surface area contributed by atoms with Gasteiger partial charge >= 0.3 is 0 Å². The molecule has 0 bridgehead atoms. The molecule has 0 heteroatoms. The van der Waals surface area contributed by atoms with Crippen molar-refractivity contribution in [3.8, 4) is 111 Å². The van der Waals surface area contributed by atoms with E-state index in [9.17, 15) is 0 Å². The van der Waals surface area contributed by atoms with Crippen LogP contribution in [0.2, 0.25) is 0 Å². The Bertz CT molecular complexity index is 5300. The molecule has 0 heterocycles. The monoisotopic (exact) mass is 1120 g/mol. The van der Waals surface area contributed by atoms with Crippen molar-refractivity contribution in [1.82, 2.24) is 0 Å². The molecule has 0 aliphatic heterocycles. The largest absolute Gasteiger partial charge is 0.0622 e. The van der Waals surface area contributed by atoms with Crippen LogP contribution in [0.4, 0.5) is 0 Å². The molecule has 0 atom stereocenters. The first-order valence-electron chi connectivity index (χ1n) is 31.0. The molecule has 0 N–H and O–H groups in total. The van der Waals surface area contributed by atoms with Crippen LogP contribution in [0.15, 0.2) is 303 Å². The van der Waals surface area contributed by atoms with Crippen LogP contribution in [0.5, 0.6) is 0 Å². The van der Waals surface area contributed by atoms with Crippen LogP contribution in [0.25, 0.3) is 154 Å². The van der Waals surface area contributed by atoms with Gasteiger partial charge in [0.2, 0.25) is 0 Å². The van der Waals surface area contributed by atoms with Gasteiger partial charge in [0.1, 0.15) is 0 Å². The second kappa shape index (κ2) is 20.0. The molecule has 0 unspecified atom stereocenters. The summed E-state index contributed by atoms with van der Waals surface area (Å²) in [6, 6.07) is 114. The number of hydrogen-bond donors (Lipinski definition) is 0. The Morgan fingerprint density at radius 2 is 0.545 bits per heavy atom. The fraction of sp³-hybridized carbons (Fsp3) is 0.0682. The number of fused-ring (bicyclic) bond motifs is 11. The quantitative estimate of drug-likeness (QED) is 0.105. The first-order chi connectivity index (χ1) is 43.1. The molecule has 0 spiro atoms. The third-order valence-corrected chi connectivity index (χ3v) is 19.9. The Kier molecular flexibility index (Phi) is 11.7. The molecule has 0 saturated heterocycles. The summed E-state index contributed by atoms with van der Waals surface area (Å²) in [7, 11) is 0. The number of rotatable bonds is 8. The van der Waals surface area contributed by atoms with Crippen LogP contribution in [-0.2, 0) is 10.8 Å². The zero-order chi connectivity index (χ0) is 58.8. The molecule has 15 aromatic rings. The zero-order valence-corrected chi connectivity index (χ0v) is 49.9. The van der Waals surface area contributed by atoms with Crippen LogP contribution in [0.1, 0.15) is 49.9 Å². The van der Waals surface area contributed by atoms with Crippen LogP contribution in [0.3, 0.4) is 0 Å². The highest BCUT2D eigenvalue weighted by molar-refractivity contribution is 6.22. The summed E-state index contributed by atoms with van der Waals surface area (Å²) >= 11 is 0. The third kappa shape index (κ3) is 8.13. The van der Waals surface area contributed by atoms with Crippen LogP contribution in [0, 0.1) is 0 Å². The predicted molar refractivity (Wildman–Crippen MR) is 375 cm³/mol. The lowest BCUT2D eigenvalue weighted by Gasteiger charge is -2.22. The second-order valence-electron chi connectivity index (χ2n) is 25.5. The summed E-state index contributed by atoms with van der Waals surface area (Å²) in [6.45, 7) is 9.47. The Morgan fingerprint density at radius 1 is 0.170 bits per heavy atom. The smallest absolute Gasteiger partial charge is 0.0159 e. The highest BCUT2D eigenvalue weighted by Gasteiger charge is 2.37. The van der Waals surface area contributed by atoms with Crippen molar-refractivity contribution in [3.05, 3.63) is 326 Å². The molecule has 0 nitrogen and oxygen atoms in total. The Labute approximate surface area is 515 Å². The minimum Gasteiger partial charge on any atom is -0.0622 e. The second-order valence-corrected chi connectivity index (χ2v) is 25.5. The fourth-order valence-corrected chi connectivity index (χ4v) is 15.4. The summed E-state index contributed by atoms with van der Waals surface area (Å²) in [5, 5.41) is 9.99. The van der Waals surface area contributed by atoms with E-state index in [1.165, 1.54) is 171 Å². The van der Waals surface area contributed by atoms with Gasteiger partial charge in [-0.15, -0.1) is 0 Å². The zero-order valence-electron chi connectivity index (χ0n) is 49.9. The molecule has 2 aliphatic carbocycles. The SMILES string of the molecule is CC1(C)c2ccccc2-c2ccc(-c3ccc(-c4c(-c5ccccc5)cc(-c5cccc(-c6ccc7c(c6)C(C)(C)c6ccccc6-7)c5)cc4-c4cccc(-c5c6ccccc6c(-c6ccc7ccc8ccccc8c7c6)c6ccccc56)c4)cc3)cc21. The molecule has 88 heavy (non-hydrogen) atoms. The average molecular weight is 1120 g/mol. The van der Waals surface area contributed by atoms with Crippen molar-refractivity contribution in [2.24, 2.45) is 0 Å². The first-order valence-corrected chi connectivity index (χ1v) is 31.0. The molecule has 414 valence electrons. The maximum Gasteiger partial charge on any atom is 0.0159 e. The van der Waals surface area contributed by atoms with Gasteiger partial charge < -0.3 is 0 Å². The topological polar surface area (TPSA) is 0 Å². The summed E-state index contributed by atoms with van der Waals surface area (Å²) in [5.41, 5.74) is 29.9. The maximum absolute atomic E-state index is 2.47. The third-order valence-electron chi connectivity index (χ3n) is 19.9. The van der Waals surface area contributed by atoms with Crippen LogP contribution < -0.4 is 0 Å². The normalized spacial score (nSPS) is 13.4. The summed E-state index contributed by atoms with van der Waals surface area (Å²) < 4.78 is 0. The van der Waals surface area contributed by atoms with Gasteiger partial charge in [-0.3, -0.25) is 0 Å². The van der Waals surface area contributed by atoms with Gasteiger partial charge in [-0.1, -0.05) is 289 Å². The first kappa shape index (κ1) is 51.7. The molecule has 0 radical (unpaired) electrons. The van der Waals surface area contributed by atoms with Gasteiger partial charge in [-0.25, -0.2) is 0 Å². The highest BCUT2D eigenvalue weighted by atomic mass is 14.4. The molecule has 2 aliphatic rings. The van der Waals surface area contributed by atoms with Crippen LogP contribution >= 0.6 is 0 Å². The van der Waals surface area contributed by atoms with E-state index >= 15 is 0 Å². The highest BCUT2D eigenvalue weighted by Crippen LogP contribution is 2.53. The van der Waals surface area contributed by atoms with Crippen molar-refractivity contribution in [2.45, 2.75) is 38.5 Å². The lowest BCUT2D eigenvalue weighted by Crippen LogP contribution is -2.14. The van der Waals surface area contributed by atoms with Gasteiger partial charge in [-0.2, -0.15) is 0 Å².